The molecule has 2 nitrogen and oxygen atoms in total. The third kappa shape index (κ3) is 3.93. The lowest BCUT2D eigenvalue weighted by atomic mass is 10.0. The van der Waals surface area contributed by atoms with Crippen molar-refractivity contribution in [3.05, 3.63) is 42.0 Å². The van der Waals surface area contributed by atoms with Crippen molar-refractivity contribution in [3.63, 3.8) is 0 Å². The summed E-state index contributed by atoms with van der Waals surface area (Å²) in [5.41, 5.74) is 2.98. The normalized spacial score (nSPS) is 13.9. The summed E-state index contributed by atoms with van der Waals surface area (Å²) in [7, 11) is -1.22. The average Bonchev–Trinajstić information content (AvgIpc) is 2.24. The molecule has 1 unspecified atom stereocenters. The van der Waals surface area contributed by atoms with Gasteiger partial charge in [0.1, 0.15) is 11.0 Å². The van der Waals surface area contributed by atoms with Crippen LogP contribution in [0, 0.1) is 0 Å². The van der Waals surface area contributed by atoms with Gasteiger partial charge in [0.05, 0.1) is 4.75 Å². The predicted octanol–water partition coefficient (Wildman–Crippen LogP) is 3.60. The van der Waals surface area contributed by atoms with Crippen LogP contribution in [0.1, 0.15) is 38.8 Å². The molecule has 0 aliphatic rings. The number of nitrogens with zero attached hydrogens (tertiary/aromatic N) is 1. The van der Waals surface area contributed by atoms with E-state index in [4.69, 9.17) is 0 Å². The summed E-state index contributed by atoms with van der Waals surface area (Å²) in [5.74, 6) is 0. The fourth-order valence-electron chi connectivity index (χ4n) is 1.26. The molecule has 17 heavy (non-hydrogen) atoms. The molecule has 0 heterocycles. The maximum absolute atomic E-state index is 11.8. The molecular weight excluding hydrogens is 230 g/mol. The average molecular weight is 249 g/mol. The van der Waals surface area contributed by atoms with Gasteiger partial charge in [-0.25, -0.2) is 4.21 Å². The minimum Gasteiger partial charge on any atom is -0.234 e. The van der Waals surface area contributed by atoms with Gasteiger partial charge in [-0.1, -0.05) is 36.4 Å². The molecule has 0 amide bonds. The fourth-order valence-corrected chi connectivity index (χ4v) is 1.79. The first-order valence-electron chi connectivity index (χ1n) is 5.53. The van der Waals surface area contributed by atoms with Gasteiger partial charge in [-0.05, 0) is 33.3 Å². The van der Waals surface area contributed by atoms with E-state index in [9.17, 15) is 4.21 Å². The van der Waals surface area contributed by atoms with Crippen LogP contribution in [-0.4, -0.2) is 15.2 Å². The Balaban J connectivity index is 3.00. The van der Waals surface area contributed by atoms with E-state index in [1.54, 1.807) is 6.21 Å². The van der Waals surface area contributed by atoms with E-state index >= 15 is 0 Å². The summed E-state index contributed by atoms with van der Waals surface area (Å²) >= 11 is 0. The fraction of sp³-hybridized carbons (Fsp3) is 0.357. The highest BCUT2D eigenvalue weighted by Gasteiger charge is 2.18. The summed E-state index contributed by atoms with van der Waals surface area (Å²) in [6, 6.07) is 7.84. The highest BCUT2D eigenvalue weighted by atomic mass is 32.2. The molecule has 0 radical (unpaired) electrons. The number of benzene rings is 1. The van der Waals surface area contributed by atoms with Crippen LogP contribution in [0.4, 0.5) is 0 Å². The Hall–Kier alpha value is -1.22. The van der Waals surface area contributed by atoms with E-state index in [0.717, 1.165) is 16.7 Å². The van der Waals surface area contributed by atoms with Gasteiger partial charge >= 0.3 is 0 Å². The summed E-state index contributed by atoms with van der Waals surface area (Å²) in [4.78, 5) is 0. The zero-order chi connectivity index (χ0) is 13.1. The summed E-state index contributed by atoms with van der Waals surface area (Å²) < 4.78 is 15.6. The summed E-state index contributed by atoms with van der Waals surface area (Å²) in [6.45, 7) is 11.6. The molecule has 0 fully saturated rings. The molecule has 0 aromatic heterocycles. The van der Waals surface area contributed by atoms with E-state index in [1.165, 1.54) is 0 Å². The SMILES string of the molecule is C=C(C)c1ccccc1C=NS(=O)C(C)(C)C. The predicted molar refractivity (Wildman–Crippen MR) is 76.6 cm³/mol. The van der Waals surface area contributed by atoms with Gasteiger partial charge in [-0.15, -0.1) is 0 Å². The van der Waals surface area contributed by atoms with Gasteiger partial charge in [0.25, 0.3) is 0 Å². The molecule has 3 heteroatoms. The van der Waals surface area contributed by atoms with E-state index in [0.29, 0.717) is 0 Å². The molecular formula is C14H19NOS. The lowest BCUT2D eigenvalue weighted by molar-refractivity contribution is 0.651. The molecule has 0 saturated heterocycles. The van der Waals surface area contributed by atoms with E-state index in [1.807, 2.05) is 52.0 Å². The highest BCUT2D eigenvalue weighted by molar-refractivity contribution is 7.85. The van der Waals surface area contributed by atoms with Crippen LogP contribution in [0.25, 0.3) is 5.57 Å². The van der Waals surface area contributed by atoms with E-state index in [-0.39, 0.29) is 4.75 Å². The van der Waals surface area contributed by atoms with E-state index < -0.39 is 11.0 Å². The van der Waals surface area contributed by atoms with Crippen LogP contribution < -0.4 is 0 Å². The molecule has 0 spiro atoms. The zero-order valence-electron chi connectivity index (χ0n) is 10.9. The van der Waals surface area contributed by atoms with Crippen molar-refractivity contribution >= 4 is 22.8 Å². The Morgan fingerprint density at radius 3 is 2.47 bits per heavy atom. The molecule has 0 aliphatic carbocycles. The molecule has 1 rings (SSSR count). The Morgan fingerprint density at radius 1 is 1.35 bits per heavy atom. The number of rotatable bonds is 3. The second-order valence-corrected chi connectivity index (χ2v) is 6.90. The van der Waals surface area contributed by atoms with Crippen molar-refractivity contribution in [2.45, 2.75) is 32.4 Å². The van der Waals surface area contributed by atoms with Gasteiger partial charge < -0.3 is 0 Å². The first-order valence-corrected chi connectivity index (χ1v) is 6.64. The van der Waals surface area contributed by atoms with Crippen molar-refractivity contribution in [3.8, 4) is 0 Å². The molecule has 1 atom stereocenters. The Labute approximate surface area is 106 Å². The van der Waals surface area contributed by atoms with Gasteiger partial charge in [-0.3, -0.25) is 0 Å². The van der Waals surface area contributed by atoms with E-state index in [2.05, 4.69) is 11.0 Å². The molecule has 0 aliphatic heterocycles. The summed E-state index contributed by atoms with van der Waals surface area (Å²) in [5, 5.41) is 0. The zero-order valence-corrected chi connectivity index (χ0v) is 11.7. The second-order valence-electron chi connectivity index (χ2n) is 4.96. The number of hydrogen-bond acceptors (Lipinski definition) is 1. The monoisotopic (exact) mass is 249 g/mol. The highest BCUT2D eigenvalue weighted by Crippen LogP contribution is 2.17. The van der Waals surface area contributed by atoms with Crippen molar-refractivity contribution < 1.29 is 4.21 Å². The molecule has 92 valence electrons. The van der Waals surface area contributed by atoms with Gasteiger partial charge in [0.15, 0.2) is 0 Å². The maximum atomic E-state index is 11.8. The third-order valence-electron chi connectivity index (χ3n) is 2.23. The smallest absolute Gasteiger partial charge is 0.144 e. The third-order valence-corrected chi connectivity index (χ3v) is 3.58. The maximum Gasteiger partial charge on any atom is 0.144 e. The van der Waals surface area contributed by atoms with Gasteiger partial charge in [0.2, 0.25) is 0 Å². The van der Waals surface area contributed by atoms with Crippen molar-refractivity contribution in [1.82, 2.24) is 0 Å². The number of hydrogen-bond donors (Lipinski definition) is 0. The van der Waals surface area contributed by atoms with Crippen LogP contribution in [0.15, 0.2) is 35.2 Å². The minimum atomic E-state index is -1.22. The quantitative estimate of drug-likeness (QED) is 0.753. The number of allylic oxidation sites excluding steroid dienone is 1. The Morgan fingerprint density at radius 2 is 1.94 bits per heavy atom. The van der Waals surface area contributed by atoms with Crippen LogP contribution in [-0.2, 0) is 11.0 Å². The van der Waals surface area contributed by atoms with Crippen LogP contribution in [0.2, 0.25) is 0 Å². The first-order chi connectivity index (χ1) is 7.82. The van der Waals surface area contributed by atoms with Crippen molar-refractivity contribution in [2.75, 3.05) is 0 Å². The van der Waals surface area contributed by atoms with Crippen molar-refractivity contribution in [1.29, 1.82) is 0 Å². The first kappa shape index (κ1) is 13.8. The lowest BCUT2D eigenvalue weighted by Gasteiger charge is -2.13. The van der Waals surface area contributed by atoms with Crippen molar-refractivity contribution in [2.24, 2.45) is 4.40 Å². The minimum absolute atomic E-state index is 0.325. The summed E-state index contributed by atoms with van der Waals surface area (Å²) in [6.07, 6.45) is 1.67. The van der Waals surface area contributed by atoms with Gasteiger partial charge in [-0.2, -0.15) is 4.40 Å². The molecule has 1 aromatic carbocycles. The molecule has 0 bridgehead atoms. The molecule has 0 N–H and O–H groups in total. The second kappa shape index (κ2) is 5.41. The van der Waals surface area contributed by atoms with Crippen LogP contribution in [0.3, 0.4) is 0 Å². The Bertz CT molecular complexity index is 469. The van der Waals surface area contributed by atoms with Crippen LogP contribution >= 0.6 is 0 Å². The molecule has 0 saturated carbocycles. The standard InChI is InChI=1S/C14H19NOS/c1-11(2)13-9-7-6-8-12(13)10-15-17(16)14(3,4)5/h6-10H,1H2,2-5H3. The lowest BCUT2D eigenvalue weighted by Crippen LogP contribution is -2.19. The molecule has 1 aromatic rings. The Kier molecular flexibility index (Phi) is 4.40. The topological polar surface area (TPSA) is 29.4 Å². The largest absolute Gasteiger partial charge is 0.234 e. The van der Waals surface area contributed by atoms with Gasteiger partial charge in [0, 0.05) is 11.8 Å². The van der Waals surface area contributed by atoms with Crippen LogP contribution in [0.5, 0.6) is 0 Å².